The number of pyridine rings is 1. The first-order chi connectivity index (χ1) is 9.40. The molecule has 0 radical (unpaired) electrons. The Kier molecular flexibility index (Phi) is 5.19. The van der Waals surface area contributed by atoms with Gasteiger partial charge in [0.15, 0.2) is 0 Å². The largest absolute Gasteiger partial charge is 0.243 e. The van der Waals surface area contributed by atoms with Gasteiger partial charge in [0, 0.05) is 21.7 Å². The standard InChI is InChI=1S/C12H9Br2ClN2O2S/c13-9-5-11(12(15)16-7-9)20(18,19)17-6-8-3-1-2-4-10(8)14/h1-5,7,17H,6H2. The van der Waals surface area contributed by atoms with Gasteiger partial charge in [0.05, 0.1) is 0 Å². The summed E-state index contributed by atoms with van der Waals surface area (Å²) in [5, 5.41) is -0.0622. The van der Waals surface area contributed by atoms with E-state index in [0.29, 0.717) is 4.47 Å². The number of rotatable bonds is 4. The van der Waals surface area contributed by atoms with Gasteiger partial charge in [-0.05, 0) is 33.6 Å². The Morgan fingerprint density at radius 3 is 2.65 bits per heavy atom. The van der Waals surface area contributed by atoms with Crippen LogP contribution in [0.25, 0.3) is 0 Å². The van der Waals surface area contributed by atoms with E-state index in [1.54, 1.807) is 0 Å². The molecule has 0 unspecified atom stereocenters. The van der Waals surface area contributed by atoms with Crippen molar-refractivity contribution >= 4 is 53.5 Å². The molecule has 2 aromatic rings. The minimum atomic E-state index is -3.72. The van der Waals surface area contributed by atoms with Gasteiger partial charge in [-0.15, -0.1) is 0 Å². The molecule has 0 fully saturated rings. The van der Waals surface area contributed by atoms with E-state index in [2.05, 4.69) is 41.6 Å². The van der Waals surface area contributed by atoms with E-state index in [-0.39, 0.29) is 16.6 Å². The van der Waals surface area contributed by atoms with Gasteiger partial charge in [-0.25, -0.2) is 18.1 Å². The second kappa shape index (κ2) is 6.53. The molecule has 4 nitrogen and oxygen atoms in total. The summed E-state index contributed by atoms with van der Waals surface area (Å²) in [6.45, 7) is 0.159. The van der Waals surface area contributed by atoms with Crippen molar-refractivity contribution in [3.63, 3.8) is 0 Å². The number of halogens is 3. The van der Waals surface area contributed by atoms with Crippen LogP contribution in [0.15, 0.2) is 50.4 Å². The lowest BCUT2D eigenvalue weighted by molar-refractivity contribution is 0.581. The summed E-state index contributed by atoms with van der Waals surface area (Å²) >= 11 is 12.4. The van der Waals surface area contributed by atoms with E-state index in [4.69, 9.17) is 11.6 Å². The molecule has 8 heteroatoms. The zero-order valence-electron chi connectivity index (χ0n) is 9.98. The number of sulfonamides is 1. The molecule has 2 rings (SSSR count). The molecule has 0 saturated heterocycles. The van der Waals surface area contributed by atoms with Crippen LogP contribution in [0.2, 0.25) is 5.15 Å². The summed E-state index contributed by atoms with van der Waals surface area (Å²) < 4.78 is 28.3. The first kappa shape index (κ1) is 15.9. The predicted molar refractivity (Wildman–Crippen MR) is 85.1 cm³/mol. The number of benzene rings is 1. The number of aromatic nitrogens is 1. The van der Waals surface area contributed by atoms with Crippen LogP contribution in [0.3, 0.4) is 0 Å². The Morgan fingerprint density at radius 1 is 1.25 bits per heavy atom. The van der Waals surface area contributed by atoms with Crippen molar-refractivity contribution in [2.45, 2.75) is 11.4 Å². The van der Waals surface area contributed by atoms with Crippen molar-refractivity contribution < 1.29 is 8.42 Å². The van der Waals surface area contributed by atoms with Crippen molar-refractivity contribution in [1.82, 2.24) is 9.71 Å². The van der Waals surface area contributed by atoms with Crippen LogP contribution in [0, 0.1) is 0 Å². The normalized spacial score (nSPS) is 11.6. The maximum atomic E-state index is 12.2. The van der Waals surface area contributed by atoms with Crippen molar-refractivity contribution in [2.24, 2.45) is 0 Å². The van der Waals surface area contributed by atoms with Gasteiger partial charge >= 0.3 is 0 Å². The second-order valence-corrected chi connectivity index (χ2v) is 7.72. The zero-order valence-corrected chi connectivity index (χ0v) is 14.7. The van der Waals surface area contributed by atoms with Crippen molar-refractivity contribution in [2.75, 3.05) is 0 Å². The molecule has 0 bridgehead atoms. The highest BCUT2D eigenvalue weighted by molar-refractivity contribution is 9.10. The van der Waals surface area contributed by atoms with Crippen LogP contribution >= 0.6 is 43.5 Å². The molecule has 0 aliphatic carbocycles. The van der Waals surface area contributed by atoms with E-state index < -0.39 is 10.0 Å². The molecule has 0 saturated carbocycles. The summed E-state index contributed by atoms with van der Waals surface area (Å²) in [6, 6.07) is 8.78. The topological polar surface area (TPSA) is 59.1 Å². The molecule has 1 aromatic carbocycles. The van der Waals surface area contributed by atoms with E-state index in [9.17, 15) is 8.42 Å². The fourth-order valence-electron chi connectivity index (χ4n) is 1.48. The third-order valence-corrected chi connectivity index (χ3v) is 5.51. The number of hydrogen-bond acceptors (Lipinski definition) is 3. The highest BCUT2D eigenvalue weighted by atomic mass is 79.9. The van der Waals surface area contributed by atoms with Crippen LogP contribution in [0.1, 0.15) is 5.56 Å². The first-order valence-electron chi connectivity index (χ1n) is 5.44. The smallest absolute Gasteiger partial charge is 0.242 e. The lowest BCUT2D eigenvalue weighted by Crippen LogP contribution is -2.24. The maximum Gasteiger partial charge on any atom is 0.243 e. The van der Waals surface area contributed by atoms with Gasteiger partial charge in [0.25, 0.3) is 0 Å². The van der Waals surface area contributed by atoms with E-state index in [1.807, 2.05) is 24.3 Å². The molecule has 106 valence electrons. The fourth-order valence-corrected chi connectivity index (χ4v) is 3.86. The molecule has 0 aliphatic rings. The predicted octanol–water partition coefficient (Wildman–Crippen LogP) is 3.74. The van der Waals surface area contributed by atoms with Gasteiger partial charge in [-0.1, -0.05) is 45.7 Å². The summed E-state index contributed by atoms with van der Waals surface area (Å²) in [6.07, 6.45) is 1.44. The quantitative estimate of drug-likeness (QED) is 0.737. The highest BCUT2D eigenvalue weighted by Crippen LogP contribution is 2.23. The van der Waals surface area contributed by atoms with E-state index in [1.165, 1.54) is 12.3 Å². The number of nitrogens with zero attached hydrogens (tertiary/aromatic N) is 1. The molecule has 0 aliphatic heterocycles. The molecule has 1 heterocycles. The Bertz CT molecular complexity index is 738. The van der Waals surface area contributed by atoms with E-state index in [0.717, 1.165) is 10.0 Å². The third kappa shape index (κ3) is 3.79. The molecule has 0 atom stereocenters. The minimum absolute atomic E-state index is 0.0550. The van der Waals surface area contributed by atoms with Crippen molar-refractivity contribution in [3.8, 4) is 0 Å². The van der Waals surface area contributed by atoms with Crippen LogP contribution in [-0.2, 0) is 16.6 Å². The fraction of sp³-hybridized carbons (Fsp3) is 0.0833. The van der Waals surface area contributed by atoms with E-state index >= 15 is 0 Å². The molecular formula is C12H9Br2ClN2O2S. The van der Waals surface area contributed by atoms with Crippen LogP contribution in [0.4, 0.5) is 0 Å². The Labute approximate surface area is 138 Å². The van der Waals surface area contributed by atoms with Gasteiger partial charge < -0.3 is 0 Å². The minimum Gasteiger partial charge on any atom is -0.242 e. The van der Waals surface area contributed by atoms with Gasteiger partial charge in [-0.2, -0.15) is 0 Å². The lowest BCUT2D eigenvalue weighted by atomic mass is 10.2. The average Bonchev–Trinajstić information content (AvgIpc) is 2.40. The van der Waals surface area contributed by atoms with Crippen LogP contribution in [0.5, 0.6) is 0 Å². The highest BCUT2D eigenvalue weighted by Gasteiger charge is 2.19. The second-order valence-electron chi connectivity index (χ2n) is 3.86. The van der Waals surface area contributed by atoms with Crippen LogP contribution in [-0.4, -0.2) is 13.4 Å². The Hall–Kier alpha value is -0.470. The molecule has 1 aromatic heterocycles. The summed E-state index contributed by atoms with van der Waals surface area (Å²) in [5.74, 6) is 0. The van der Waals surface area contributed by atoms with Gasteiger partial charge in [0.2, 0.25) is 10.0 Å². The molecule has 0 amide bonds. The summed E-state index contributed by atoms with van der Waals surface area (Å²) in [5.41, 5.74) is 0.829. The summed E-state index contributed by atoms with van der Waals surface area (Å²) in [4.78, 5) is 3.75. The van der Waals surface area contributed by atoms with Gasteiger partial charge in [-0.3, -0.25) is 0 Å². The Morgan fingerprint density at radius 2 is 1.95 bits per heavy atom. The first-order valence-corrected chi connectivity index (χ1v) is 8.89. The number of nitrogens with one attached hydrogen (secondary N) is 1. The van der Waals surface area contributed by atoms with Crippen molar-refractivity contribution in [3.05, 3.63) is 56.2 Å². The molecule has 20 heavy (non-hydrogen) atoms. The maximum absolute atomic E-state index is 12.2. The molecule has 0 spiro atoms. The summed E-state index contributed by atoms with van der Waals surface area (Å²) in [7, 11) is -3.72. The average molecular weight is 441 g/mol. The van der Waals surface area contributed by atoms with Gasteiger partial charge in [0.1, 0.15) is 10.0 Å². The van der Waals surface area contributed by atoms with Crippen molar-refractivity contribution in [1.29, 1.82) is 0 Å². The lowest BCUT2D eigenvalue weighted by Gasteiger charge is -2.09. The molecule has 1 N–H and O–H groups in total. The number of hydrogen-bond donors (Lipinski definition) is 1. The third-order valence-electron chi connectivity index (χ3n) is 2.47. The van der Waals surface area contributed by atoms with Crippen LogP contribution < -0.4 is 4.72 Å². The monoisotopic (exact) mass is 438 g/mol. The molecular weight excluding hydrogens is 431 g/mol. The Balaban J connectivity index is 2.24. The SMILES string of the molecule is O=S(=O)(NCc1ccccc1Br)c1cc(Br)cnc1Cl. The zero-order chi connectivity index (χ0) is 14.8.